The number of nitrogens with zero attached hydrogens (tertiary/aromatic N) is 2. The number of carbonyl (C=O) groups is 2. The Labute approximate surface area is 187 Å². The predicted octanol–water partition coefficient (Wildman–Crippen LogP) is 4.18. The summed E-state index contributed by atoms with van der Waals surface area (Å²) in [6.45, 7) is 1.72. The molecule has 0 radical (unpaired) electrons. The zero-order chi connectivity index (χ0) is 21.6. The van der Waals surface area contributed by atoms with Crippen molar-refractivity contribution in [2.75, 3.05) is 30.3 Å². The monoisotopic (exact) mass is 436 g/mol. The van der Waals surface area contributed by atoms with Gasteiger partial charge in [0.1, 0.15) is 11.1 Å². The molecule has 2 heterocycles. The molecule has 1 fully saturated rings. The summed E-state index contributed by atoms with van der Waals surface area (Å²) in [7, 11) is 0. The van der Waals surface area contributed by atoms with Crippen LogP contribution in [-0.2, 0) is 22.4 Å². The number of nitriles is 1. The number of benzene rings is 1. The minimum Gasteiger partial charge on any atom is -0.326 e. The average molecular weight is 437 g/mol. The van der Waals surface area contributed by atoms with Crippen molar-refractivity contribution in [3.05, 3.63) is 46.3 Å². The number of hydrogen-bond donors (Lipinski definition) is 2. The third kappa shape index (κ3) is 5.33. The summed E-state index contributed by atoms with van der Waals surface area (Å²) >= 11 is 1.57. The van der Waals surface area contributed by atoms with Gasteiger partial charge in [0, 0.05) is 16.5 Å². The Morgan fingerprint density at radius 3 is 2.55 bits per heavy atom. The molecule has 1 aliphatic heterocycles. The summed E-state index contributed by atoms with van der Waals surface area (Å²) in [5.74, 6) is -0.0631. The molecule has 2 N–H and O–H groups in total. The Bertz CT molecular complexity index is 971. The maximum atomic E-state index is 12.7. The number of aryl methyl sites for hydroxylation is 1. The van der Waals surface area contributed by atoms with Gasteiger partial charge >= 0.3 is 0 Å². The summed E-state index contributed by atoms with van der Waals surface area (Å²) in [5, 5.41) is 16.3. The van der Waals surface area contributed by atoms with Crippen molar-refractivity contribution in [3.8, 4) is 6.07 Å². The predicted molar refractivity (Wildman–Crippen MR) is 123 cm³/mol. The van der Waals surface area contributed by atoms with Gasteiger partial charge in [0.05, 0.1) is 12.1 Å². The van der Waals surface area contributed by atoms with Crippen LogP contribution in [0.15, 0.2) is 30.3 Å². The Morgan fingerprint density at radius 2 is 1.81 bits per heavy atom. The molecule has 2 amide bonds. The molecule has 0 atom stereocenters. The van der Waals surface area contributed by atoms with E-state index < -0.39 is 0 Å². The third-order valence-electron chi connectivity index (χ3n) is 6.15. The number of carbonyl (C=O) groups excluding carboxylic acids is 2. The molecule has 0 unspecified atom stereocenters. The Hall–Kier alpha value is -2.69. The number of thiophene rings is 1. The van der Waals surface area contributed by atoms with Crippen LogP contribution >= 0.6 is 11.3 Å². The second-order valence-corrected chi connectivity index (χ2v) is 9.44. The van der Waals surface area contributed by atoms with E-state index in [1.165, 1.54) is 11.3 Å². The first-order chi connectivity index (χ1) is 15.1. The van der Waals surface area contributed by atoms with Gasteiger partial charge in [-0.3, -0.25) is 14.5 Å². The van der Waals surface area contributed by atoms with E-state index in [2.05, 4.69) is 21.6 Å². The van der Waals surface area contributed by atoms with Crippen molar-refractivity contribution < 1.29 is 9.59 Å². The van der Waals surface area contributed by atoms with Crippen LogP contribution in [0.2, 0.25) is 0 Å². The van der Waals surface area contributed by atoms with E-state index in [0.717, 1.165) is 49.8 Å². The van der Waals surface area contributed by atoms with Crippen molar-refractivity contribution >= 4 is 33.8 Å². The number of fused-ring (bicyclic) bond motifs is 1. The number of nitrogens with one attached hydrogen (secondary N) is 2. The minimum atomic E-state index is -0.0832. The summed E-state index contributed by atoms with van der Waals surface area (Å²) in [5.41, 5.74) is 2.62. The fourth-order valence-electron chi connectivity index (χ4n) is 4.44. The molecule has 0 spiro atoms. The van der Waals surface area contributed by atoms with Crippen molar-refractivity contribution in [1.29, 1.82) is 5.26 Å². The molecular formula is C24H28N4O2S. The lowest BCUT2D eigenvalue weighted by atomic mass is 9.96. The third-order valence-corrected chi connectivity index (χ3v) is 7.36. The topological polar surface area (TPSA) is 85.2 Å². The first-order valence-electron chi connectivity index (χ1n) is 11.1. The summed E-state index contributed by atoms with van der Waals surface area (Å²) in [6, 6.07) is 11.8. The lowest BCUT2D eigenvalue weighted by Crippen LogP contribution is -2.41. The van der Waals surface area contributed by atoms with Crippen LogP contribution in [0.1, 0.15) is 48.1 Å². The van der Waals surface area contributed by atoms with E-state index in [4.69, 9.17) is 0 Å². The molecule has 1 aliphatic carbocycles. The largest absolute Gasteiger partial charge is 0.326 e. The number of anilines is 2. The van der Waals surface area contributed by atoms with Gasteiger partial charge in [-0.25, -0.2) is 0 Å². The smallest absolute Gasteiger partial charge is 0.239 e. The van der Waals surface area contributed by atoms with Crippen molar-refractivity contribution in [3.63, 3.8) is 0 Å². The SMILES string of the molecule is N#Cc1c(NC(=O)CN2CCC(C(=O)Nc3ccccc3)CC2)sc2c1CCCCC2. The van der Waals surface area contributed by atoms with Crippen molar-refractivity contribution in [2.24, 2.45) is 5.92 Å². The van der Waals surface area contributed by atoms with Crippen LogP contribution in [0.25, 0.3) is 0 Å². The van der Waals surface area contributed by atoms with E-state index in [1.54, 1.807) is 11.3 Å². The van der Waals surface area contributed by atoms with Gasteiger partial charge in [-0.1, -0.05) is 24.6 Å². The summed E-state index contributed by atoms with van der Waals surface area (Å²) in [4.78, 5) is 28.5. The first-order valence-corrected chi connectivity index (χ1v) is 11.9. The maximum absolute atomic E-state index is 12.7. The zero-order valence-electron chi connectivity index (χ0n) is 17.7. The molecule has 31 heavy (non-hydrogen) atoms. The Kier molecular flexibility index (Phi) is 7.00. The molecule has 0 bridgehead atoms. The molecule has 4 rings (SSSR count). The summed E-state index contributed by atoms with van der Waals surface area (Å²) < 4.78 is 0. The fraction of sp³-hybridized carbons (Fsp3) is 0.458. The molecule has 2 aliphatic rings. The minimum absolute atomic E-state index is 0.0299. The summed E-state index contributed by atoms with van der Waals surface area (Å²) in [6.07, 6.45) is 6.88. The average Bonchev–Trinajstić information content (AvgIpc) is 2.93. The van der Waals surface area contributed by atoms with Gasteiger partial charge in [-0.15, -0.1) is 11.3 Å². The number of para-hydroxylation sites is 1. The first kappa shape index (κ1) is 21.5. The second kappa shape index (κ2) is 10.1. The van der Waals surface area contributed by atoms with E-state index in [1.807, 2.05) is 30.3 Å². The highest BCUT2D eigenvalue weighted by Crippen LogP contribution is 2.37. The number of piperidine rings is 1. The van der Waals surface area contributed by atoms with Crippen LogP contribution < -0.4 is 10.6 Å². The molecule has 1 saturated heterocycles. The van der Waals surface area contributed by atoms with Gasteiger partial charge in [0.15, 0.2) is 0 Å². The number of likely N-dealkylation sites (tertiary alicyclic amines) is 1. The molecule has 6 nitrogen and oxygen atoms in total. The van der Waals surface area contributed by atoms with E-state index in [0.29, 0.717) is 30.2 Å². The number of hydrogen-bond acceptors (Lipinski definition) is 5. The molecule has 1 aromatic carbocycles. The number of amides is 2. The van der Waals surface area contributed by atoms with Gasteiger partial charge in [0.2, 0.25) is 11.8 Å². The molecule has 2 aromatic rings. The molecule has 0 saturated carbocycles. The van der Waals surface area contributed by atoms with Gasteiger partial charge in [0.25, 0.3) is 0 Å². The highest BCUT2D eigenvalue weighted by Gasteiger charge is 2.27. The van der Waals surface area contributed by atoms with Crippen LogP contribution in [0.4, 0.5) is 10.7 Å². The quantitative estimate of drug-likeness (QED) is 0.689. The number of rotatable bonds is 5. The maximum Gasteiger partial charge on any atom is 0.239 e. The van der Waals surface area contributed by atoms with Gasteiger partial charge < -0.3 is 10.6 Å². The Morgan fingerprint density at radius 1 is 1.06 bits per heavy atom. The van der Waals surface area contributed by atoms with E-state index >= 15 is 0 Å². The normalized spacial score (nSPS) is 17.3. The van der Waals surface area contributed by atoms with E-state index in [9.17, 15) is 14.9 Å². The standard InChI is InChI=1S/C24H28N4O2S/c25-15-20-19-9-5-2-6-10-21(19)31-24(20)27-22(29)16-28-13-11-17(12-14-28)23(30)26-18-7-3-1-4-8-18/h1,3-4,7-8,17H,2,5-6,9-14,16H2,(H,26,30)(H,27,29). The van der Waals surface area contributed by atoms with Gasteiger partial charge in [-0.05, 0) is 69.3 Å². The fourth-order valence-corrected chi connectivity index (χ4v) is 5.69. The second-order valence-electron chi connectivity index (χ2n) is 8.33. The zero-order valence-corrected chi connectivity index (χ0v) is 18.5. The van der Waals surface area contributed by atoms with Crippen LogP contribution in [0.3, 0.4) is 0 Å². The Balaban J connectivity index is 1.28. The van der Waals surface area contributed by atoms with Crippen LogP contribution in [-0.4, -0.2) is 36.3 Å². The highest BCUT2D eigenvalue weighted by molar-refractivity contribution is 7.16. The van der Waals surface area contributed by atoms with Crippen molar-refractivity contribution in [1.82, 2.24) is 4.90 Å². The van der Waals surface area contributed by atoms with Crippen LogP contribution in [0.5, 0.6) is 0 Å². The molecule has 1 aromatic heterocycles. The molecule has 162 valence electrons. The van der Waals surface area contributed by atoms with Gasteiger partial charge in [-0.2, -0.15) is 5.26 Å². The highest BCUT2D eigenvalue weighted by atomic mass is 32.1. The van der Waals surface area contributed by atoms with E-state index in [-0.39, 0.29) is 17.7 Å². The lowest BCUT2D eigenvalue weighted by molar-refractivity contribution is -0.121. The van der Waals surface area contributed by atoms with Crippen molar-refractivity contribution in [2.45, 2.75) is 44.9 Å². The molecular weight excluding hydrogens is 408 g/mol. The van der Waals surface area contributed by atoms with Crippen LogP contribution in [0, 0.1) is 17.2 Å². The lowest BCUT2D eigenvalue weighted by Gasteiger charge is -2.30. The molecule has 7 heteroatoms.